The van der Waals surface area contributed by atoms with Crippen LogP contribution in [0.2, 0.25) is 0 Å². The highest BCUT2D eigenvalue weighted by Gasteiger charge is 2.18. The number of benzene rings is 2. The smallest absolute Gasteiger partial charge is 0.214 e. The first kappa shape index (κ1) is 17.5. The third kappa shape index (κ3) is 3.26. The number of H-pyrrole nitrogens is 1. The zero-order chi connectivity index (χ0) is 19.0. The molecule has 4 rings (SSSR count). The molecular formula is C20H19N5OS. The van der Waals surface area contributed by atoms with E-state index in [-0.39, 0.29) is 11.5 Å². The second-order valence-electron chi connectivity index (χ2n) is 6.55. The summed E-state index contributed by atoms with van der Waals surface area (Å²) in [5.41, 5.74) is 5.74. The SMILES string of the molecule is Cc1ccc(C)c(-n2nnnc2SCC(=O)c2c(C)[nH]c3ccccc23)c1. The maximum atomic E-state index is 12.9. The molecule has 0 unspecified atom stereocenters. The minimum absolute atomic E-state index is 0.0606. The number of aromatic nitrogens is 5. The number of carbonyl (C=O) groups excluding carboxylic acids is 1. The molecule has 0 aliphatic carbocycles. The van der Waals surface area contributed by atoms with Crippen LogP contribution in [0.25, 0.3) is 16.6 Å². The quantitative estimate of drug-likeness (QED) is 0.419. The fourth-order valence-electron chi connectivity index (χ4n) is 3.21. The molecule has 4 aromatic rings. The van der Waals surface area contributed by atoms with Gasteiger partial charge in [0.2, 0.25) is 5.16 Å². The van der Waals surface area contributed by atoms with E-state index in [0.29, 0.717) is 5.16 Å². The van der Waals surface area contributed by atoms with E-state index in [0.717, 1.165) is 39.0 Å². The van der Waals surface area contributed by atoms with Crippen molar-refractivity contribution in [3.05, 3.63) is 64.8 Å². The van der Waals surface area contributed by atoms with Gasteiger partial charge in [0, 0.05) is 22.2 Å². The zero-order valence-corrected chi connectivity index (χ0v) is 16.2. The van der Waals surface area contributed by atoms with E-state index in [1.165, 1.54) is 11.8 Å². The van der Waals surface area contributed by atoms with Crippen molar-refractivity contribution < 1.29 is 4.79 Å². The fourth-order valence-corrected chi connectivity index (χ4v) is 3.96. The third-order valence-electron chi connectivity index (χ3n) is 4.54. The number of nitrogens with zero attached hydrogens (tertiary/aromatic N) is 4. The number of carbonyl (C=O) groups is 1. The normalized spacial score (nSPS) is 11.2. The summed E-state index contributed by atoms with van der Waals surface area (Å²) < 4.78 is 1.70. The van der Waals surface area contributed by atoms with Gasteiger partial charge in [-0.2, -0.15) is 4.68 Å². The van der Waals surface area contributed by atoms with Gasteiger partial charge < -0.3 is 4.98 Å². The topological polar surface area (TPSA) is 76.5 Å². The molecule has 136 valence electrons. The van der Waals surface area contributed by atoms with Crippen LogP contribution in [0, 0.1) is 20.8 Å². The lowest BCUT2D eigenvalue weighted by atomic mass is 10.1. The second-order valence-corrected chi connectivity index (χ2v) is 7.49. The van der Waals surface area contributed by atoms with Gasteiger partial charge in [-0.15, -0.1) is 5.10 Å². The molecule has 0 saturated carbocycles. The lowest BCUT2D eigenvalue weighted by Crippen LogP contribution is -2.06. The Hall–Kier alpha value is -2.93. The number of rotatable bonds is 5. The summed E-state index contributed by atoms with van der Waals surface area (Å²) in [4.78, 5) is 16.2. The van der Waals surface area contributed by atoms with Crippen LogP contribution >= 0.6 is 11.8 Å². The fraction of sp³-hybridized carbons (Fsp3) is 0.200. The van der Waals surface area contributed by atoms with Gasteiger partial charge in [0.15, 0.2) is 5.78 Å². The first-order valence-corrected chi connectivity index (χ1v) is 9.62. The Labute approximate surface area is 161 Å². The van der Waals surface area contributed by atoms with Crippen molar-refractivity contribution in [2.24, 2.45) is 0 Å². The summed E-state index contributed by atoms with van der Waals surface area (Å²) in [6.45, 7) is 5.98. The monoisotopic (exact) mass is 377 g/mol. The maximum absolute atomic E-state index is 12.9. The maximum Gasteiger partial charge on any atom is 0.214 e. The molecule has 0 saturated heterocycles. The number of Topliss-reactive ketones (excluding diaryl/α,β-unsaturated/α-hetero) is 1. The average molecular weight is 377 g/mol. The molecule has 6 nitrogen and oxygen atoms in total. The molecule has 2 heterocycles. The molecule has 0 bridgehead atoms. The number of tetrazole rings is 1. The molecule has 0 spiro atoms. The van der Waals surface area contributed by atoms with E-state index < -0.39 is 0 Å². The summed E-state index contributed by atoms with van der Waals surface area (Å²) >= 11 is 1.35. The summed E-state index contributed by atoms with van der Waals surface area (Å²) in [6.07, 6.45) is 0. The van der Waals surface area contributed by atoms with Gasteiger partial charge in [-0.1, -0.05) is 42.1 Å². The number of fused-ring (bicyclic) bond motifs is 1. The molecule has 1 N–H and O–H groups in total. The number of thioether (sulfide) groups is 1. The molecule has 2 aromatic carbocycles. The molecule has 0 atom stereocenters. The molecule has 0 aliphatic heterocycles. The van der Waals surface area contributed by atoms with Crippen LogP contribution in [0.5, 0.6) is 0 Å². The summed E-state index contributed by atoms with van der Waals surface area (Å²) in [5, 5.41) is 13.6. The van der Waals surface area contributed by atoms with E-state index in [9.17, 15) is 4.79 Å². The highest BCUT2D eigenvalue weighted by molar-refractivity contribution is 7.99. The van der Waals surface area contributed by atoms with Gasteiger partial charge in [-0.25, -0.2) is 0 Å². The lowest BCUT2D eigenvalue weighted by Gasteiger charge is -2.08. The number of hydrogen-bond acceptors (Lipinski definition) is 5. The third-order valence-corrected chi connectivity index (χ3v) is 5.46. The molecule has 0 amide bonds. The highest BCUT2D eigenvalue weighted by Crippen LogP contribution is 2.26. The molecular weight excluding hydrogens is 358 g/mol. The van der Waals surface area contributed by atoms with E-state index in [2.05, 4.69) is 26.6 Å². The van der Waals surface area contributed by atoms with Crippen molar-refractivity contribution in [1.82, 2.24) is 25.2 Å². The first-order chi connectivity index (χ1) is 13.0. The number of para-hydroxylation sites is 1. The minimum atomic E-state index is 0.0606. The number of ketones is 1. The lowest BCUT2D eigenvalue weighted by molar-refractivity contribution is 0.102. The number of aromatic amines is 1. The number of nitrogens with one attached hydrogen (secondary N) is 1. The molecule has 0 radical (unpaired) electrons. The van der Waals surface area contributed by atoms with Crippen molar-refractivity contribution in [2.75, 3.05) is 5.75 Å². The summed E-state index contributed by atoms with van der Waals surface area (Å²) in [6, 6.07) is 14.0. The van der Waals surface area contributed by atoms with Gasteiger partial charge in [-0.05, 0) is 54.5 Å². The Balaban J connectivity index is 1.60. The van der Waals surface area contributed by atoms with Crippen LogP contribution in [0.4, 0.5) is 0 Å². The van der Waals surface area contributed by atoms with E-state index in [1.54, 1.807) is 4.68 Å². The standard InChI is InChI=1S/C20H19N5OS/c1-12-8-9-13(2)17(10-12)25-20(22-23-24-25)27-11-18(26)19-14(3)21-16-7-5-4-6-15(16)19/h4-10,21H,11H2,1-3H3. The van der Waals surface area contributed by atoms with Crippen LogP contribution in [0.15, 0.2) is 47.6 Å². The van der Waals surface area contributed by atoms with Crippen molar-refractivity contribution in [3.63, 3.8) is 0 Å². The van der Waals surface area contributed by atoms with Gasteiger partial charge in [-0.3, -0.25) is 4.79 Å². The molecule has 0 aliphatic rings. The Morgan fingerprint density at radius 3 is 2.81 bits per heavy atom. The molecule has 0 fully saturated rings. The van der Waals surface area contributed by atoms with Crippen molar-refractivity contribution in [2.45, 2.75) is 25.9 Å². The Morgan fingerprint density at radius 2 is 1.96 bits per heavy atom. The van der Waals surface area contributed by atoms with Crippen LogP contribution in [-0.4, -0.2) is 36.7 Å². The van der Waals surface area contributed by atoms with Gasteiger partial charge in [0.1, 0.15) is 0 Å². The first-order valence-electron chi connectivity index (χ1n) is 8.64. The van der Waals surface area contributed by atoms with Crippen LogP contribution in [-0.2, 0) is 0 Å². The van der Waals surface area contributed by atoms with Gasteiger partial charge in [0.25, 0.3) is 0 Å². The number of hydrogen-bond donors (Lipinski definition) is 1. The highest BCUT2D eigenvalue weighted by atomic mass is 32.2. The van der Waals surface area contributed by atoms with Crippen LogP contribution in [0.3, 0.4) is 0 Å². The second kappa shape index (κ2) is 7.00. The Morgan fingerprint density at radius 1 is 1.15 bits per heavy atom. The van der Waals surface area contributed by atoms with Crippen molar-refractivity contribution >= 4 is 28.4 Å². The predicted molar refractivity (Wildman–Crippen MR) is 107 cm³/mol. The van der Waals surface area contributed by atoms with Gasteiger partial charge >= 0.3 is 0 Å². The van der Waals surface area contributed by atoms with Crippen molar-refractivity contribution in [3.8, 4) is 5.69 Å². The van der Waals surface area contributed by atoms with E-state index in [4.69, 9.17) is 0 Å². The summed E-state index contributed by atoms with van der Waals surface area (Å²) in [5.74, 6) is 0.332. The van der Waals surface area contributed by atoms with Gasteiger partial charge in [0.05, 0.1) is 11.4 Å². The Bertz CT molecular complexity index is 1140. The molecule has 7 heteroatoms. The molecule has 27 heavy (non-hydrogen) atoms. The number of aryl methyl sites for hydroxylation is 3. The molecule has 2 aromatic heterocycles. The van der Waals surface area contributed by atoms with E-state index >= 15 is 0 Å². The zero-order valence-electron chi connectivity index (χ0n) is 15.4. The Kier molecular flexibility index (Phi) is 4.53. The average Bonchev–Trinajstić information content (AvgIpc) is 3.25. The predicted octanol–water partition coefficient (Wildman–Crippen LogP) is 4.04. The van der Waals surface area contributed by atoms with Crippen LogP contribution < -0.4 is 0 Å². The van der Waals surface area contributed by atoms with E-state index in [1.807, 2.05) is 57.2 Å². The minimum Gasteiger partial charge on any atom is -0.358 e. The van der Waals surface area contributed by atoms with Crippen molar-refractivity contribution in [1.29, 1.82) is 0 Å². The summed E-state index contributed by atoms with van der Waals surface area (Å²) in [7, 11) is 0. The largest absolute Gasteiger partial charge is 0.358 e. The van der Waals surface area contributed by atoms with Crippen LogP contribution in [0.1, 0.15) is 27.2 Å².